The molecule has 200 valence electrons. The molecule has 0 aliphatic carbocycles. The Kier molecular flexibility index (Phi) is 6.16. The minimum Gasteiger partial charge on any atom is -0.436 e. The summed E-state index contributed by atoms with van der Waals surface area (Å²) >= 11 is 0. The normalized spacial score (nSPS) is 12.6. The molecule has 0 bridgehead atoms. The van der Waals surface area contributed by atoms with Crippen molar-refractivity contribution in [3.63, 3.8) is 0 Å². The number of nitrogens with zero attached hydrogens (tertiary/aromatic N) is 2. The average molecular weight is 571 g/mol. The largest absolute Gasteiger partial charge is 0.436 e. The monoisotopic (exact) mass is 570 g/mol. The minimum absolute atomic E-state index is 0.188. The fraction of sp³-hybridized carbons (Fsp3) is 0.0667. The lowest BCUT2D eigenvalue weighted by molar-refractivity contribution is 0.598. The Labute approximate surface area is 230 Å². The summed E-state index contributed by atoms with van der Waals surface area (Å²) in [5.74, 6) is 0.831. The first-order valence-corrected chi connectivity index (χ1v) is 15.9. The van der Waals surface area contributed by atoms with Crippen LogP contribution in [0.3, 0.4) is 0 Å². The van der Waals surface area contributed by atoms with Crippen molar-refractivity contribution in [1.29, 1.82) is 0 Å². The molecule has 0 aliphatic rings. The molecule has 2 heterocycles. The zero-order valence-electron chi connectivity index (χ0n) is 21.4. The van der Waals surface area contributed by atoms with Crippen molar-refractivity contribution in [3.8, 4) is 22.9 Å². The predicted molar refractivity (Wildman–Crippen MR) is 154 cm³/mol. The number of benzene rings is 4. The second-order valence-corrected chi connectivity index (χ2v) is 13.5. The minimum atomic E-state index is -3.33. The van der Waals surface area contributed by atoms with E-state index < -0.39 is 19.7 Å². The van der Waals surface area contributed by atoms with Crippen LogP contribution in [-0.2, 0) is 19.7 Å². The van der Waals surface area contributed by atoms with Crippen LogP contribution >= 0.6 is 0 Å². The summed E-state index contributed by atoms with van der Waals surface area (Å²) < 4.78 is 58.9. The lowest BCUT2D eigenvalue weighted by atomic mass is 10.1. The Bertz CT molecular complexity index is 1980. The standard InChI is InChI=1S/C30H22N2O6S2/c1-39(33,34)23-13-15-25-27(17-23)37-29(31-25)21-9-5-19(6-10-21)3-4-20-7-11-22(12-8-20)30-32-26-16-14-24(40(2,35)36)18-28(26)38-30/h3-18H,1-2H3. The van der Waals surface area contributed by atoms with Crippen molar-refractivity contribution in [2.24, 2.45) is 0 Å². The molecular weight excluding hydrogens is 548 g/mol. The van der Waals surface area contributed by atoms with E-state index in [1.807, 2.05) is 60.7 Å². The molecular formula is C30H22N2O6S2. The van der Waals surface area contributed by atoms with Gasteiger partial charge in [0.25, 0.3) is 0 Å². The maximum atomic E-state index is 11.8. The zero-order valence-corrected chi connectivity index (χ0v) is 23.0. The van der Waals surface area contributed by atoms with E-state index in [9.17, 15) is 16.8 Å². The summed E-state index contributed by atoms with van der Waals surface area (Å²) in [6.07, 6.45) is 6.28. The zero-order chi connectivity index (χ0) is 28.1. The van der Waals surface area contributed by atoms with Crippen molar-refractivity contribution in [3.05, 3.63) is 96.1 Å². The smallest absolute Gasteiger partial charge is 0.227 e. The van der Waals surface area contributed by atoms with Crippen LogP contribution < -0.4 is 0 Å². The fourth-order valence-electron chi connectivity index (χ4n) is 4.18. The van der Waals surface area contributed by atoms with Gasteiger partial charge in [-0.25, -0.2) is 26.8 Å². The molecule has 0 radical (unpaired) electrons. The Balaban J connectivity index is 1.17. The van der Waals surface area contributed by atoms with Crippen LogP contribution in [0.15, 0.2) is 104 Å². The van der Waals surface area contributed by atoms with Crippen molar-refractivity contribution < 1.29 is 25.7 Å². The van der Waals surface area contributed by atoms with Crippen molar-refractivity contribution in [2.75, 3.05) is 12.5 Å². The first-order valence-electron chi connectivity index (χ1n) is 12.1. The number of sulfone groups is 2. The molecule has 0 spiro atoms. The third-order valence-electron chi connectivity index (χ3n) is 6.36. The molecule has 4 aromatic carbocycles. The van der Waals surface area contributed by atoms with Crippen LogP contribution in [0.2, 0.25) is 0 Å². The first-order chi connectivity index (χ1) is 19.0. The lowest BCUT2D eigenvalue weighted by Crippen LogP contribution is -1.95. The van der Waals surface area contributed by atoms with Crippen LogP contribution in [-0.4, -0.2) is 39.3 Å². The van der Waals surface area contributed by atoms with E-state index in [0.29, 0.717) is 34.0 Å². The highest BCUT2D eigenvalue weighted by atomic mass is 32.2. The SMILES string of the molecule is CS(=O)(=O)c1ccc2nc(-c3ccc(C=Cc4ccc(-c5nc6ccc(S(C)(=O)=O)cc6o5)cc4)cc3)oc2c1. The Morgan fingerprint density at radius 2 is 0.925 bits per heavy atom. The summed E-state index contributed by atoms with van der Waals surface area (Å²) in [7, 11) is -6.67. The van der Waals surface area contributed by atoms with Gasteiger partial charge in [0.1, 0.15) is 11.0 Å². The van der Waals surface area contributed by atoms with Gasteiger partial charge in [0.15, 0.2) is 30.8 Å². The molecule has 10 heteroatoms. The molecule has 0 aliphatic heterocycles. The van der Waals surface area contributed by atoms with E-state index in [-0.39, 0.29) is 9.79 Å². The fourth-order valence-corrected chi connectivity index (χ4v) is 5.46. The number of oxazole rings is 2. The highest BCUT2D eigenvalue weighted by Gasteiger charge is 2.14. The number of aromatic nitrogens is 2. The molecule has 0 amide bonds. The van der Waals surface area contributed by atoms with E-state index in [4.69, 9.17) is 8.83 Å². The number of rotatable bonds is 6. The highest BCUT2D eigenvalue weighted by Crippen LogP contribution is 2.28. The maximum absolute atomic E-state index is 11.8. The molecule has 6 aromatic rings. The summed E-state index contributed by atoms with van der Waals surface area (Å²) in [6, 6.07) is 24.7. The van der Waals surface area contributed by atoms with Crippen LogP contribution in [0, 0.1) is 0 Å². The second kappa shape index (κ2) is 9.58. The van der Waals surface area contributed by atoms with Gasteiger partial charge in [-0.3, -0.25) is 0 Å². The van der Waals surface area contributed by atoms with Gasteiger partial charge in [-0.2, -0.15) is 0 Å². The van der Waals surface area contributed by atoms with Gasteiger partial charge in [-0.05, 0) is 59.7 Å². The molecule has 0 fully saturated rings. The van der Waals surface area contributed by atoms with Gasteiger partial charge in [0.2, 0.25) is 11.8 Å². The van der Waals surface area contributed by atoms with Crippen LogP contribution in [0.5, 0.6) is 0 Å². The quantitative estimate of drug-likeness (QED) is 0.215. The Morgan fingerprint density at radius 1 is 0.550 bits per heavy atom. The Hall–Kier alpha value is -4.54. The van der Waals surface area contributed by atoms with Crippen LogP contribution in [0.25, 0.3) is 57.3 Å². The van der Waals surface area contributed by atoms with Gasteiger partial charge in [0, 0.05) is 35.8 Å². The van der Waals surface area contributed by atoms with Crippen LogP contribution in [0.1, 0.15) is 11.1 Å². The Morgan fingerprint density at radius 3 is 1.27 bits per heavy atom. The summed E-state index contributed by atoms with van der Waals surface area (Å²) in [5, 5.41) is 0. The van der Waals surface area contributed by atoms with E-state index >= 15 is 0 Å². The van der Waals surface area contributed by atoms with E-state index in [1.165, 1.54) is 24.3 Å². The molecule has 0 N–H and O–H groups in total. The third kappa shape index (κ3) is 5.18. The van der Waals surface area contributed by atoms with Gasteiger partial charge >= 0.3 is 0 Å². The van der Waals surface area contributed by atoms with Crippen molar-refractivity contribution in [1.82, 2.24) is 9.97 Å². The molecule has 40 heavy (non-hydrogen) atoms. The molecule has 8 nitrogen and oxygen atoms in total. The topological polar surface area (TPSA) is 120 Å². The van der Waals surface area contributed by atoms with Crippen molar-refractivity contribution in [2.45, 2.75) is 9.79 Å². The average Bonchev–Trinajstić information content (AvgIpc) is 3.55. The highest BCUT2D eigenvalue weighted by molar-refractivity contribution is 7.91. The number of hydrogen-bond acceptors (Lipinski definition) is 8. The number of fused-ring (bicyclic) bond motifs is 2. The van der Waals surface area contributed by atoms with E-state index in [1.54, 1.807) is 12.1 Å². The van der Waals surface area contributed by atoms with Crippen LogP contribution in [0.4, 0.5) is 0 Å². The molecule has 0 saturated heterocycles. The van der Waals surface area contributed by atoms with E-state index in [0.717, 1.165) is 34.8 Å². The second-order valence-electron chi connectivity index (χ2n) is 9.42. The molecule has 0 saturated carbocycles. The molecule has 6 rings (SSSR count). The van der Waals surface area contributed by atoms with Gasteiger partial charge < -0.3 is 8.83 Å². The third-order valence-corrected chi connectivity index (χ3v) is 8.58. The molecule has 0 unspecified atom stereocenters. The van der Waals surface area contributed by atoms with E-state index in [2.05, 4.69) is 9.97 Å². The maximum Gasteiger partial charge on any atom is 0.227 e. The lowest BCUT2D eigenvalue weighted by Gasteiger charge is -1.99. The van der Waals surface area contributed by atoms with Gasteiger partial charge in [-0.1, -0.05) is 36.4 Å². The molecule has 0 atom stereocenters. The number of hydrogen-bond donors (Lipinski definition) is 0. The summed E-state index contributed by atoms with van der Waals surface area (Å²) in [4.78, 5) is 9.32. The first kappa shape index (κ1) is 25.7. The van der Waals surface area contributed by atoms with Gasteiger partial charge in [0.05, 0.1) is 9.79 Å². The predicted octanol–water partition coefficient (Wildman–Crippen LogP) is 6.28. The van der Waals surface area contributed by atoms with Crippen molar-refractivity contribution >= 4 is 54.0 Å². The van der Waals surface area contributed by atoms with Gasteiger partial charge in [-0.15, -0.1) is 0 Å². The summed E-state index contributed by atoms with van der Waals surface area (Å²) in [6.45, 7) is 0. The summed E-state index contributed by atoms with van der Waals surface area (Å²) in [5.41, 5.74) is 5.52. The molecule has 2 aromatic heterocycles.